The van der Waals surface area contributed by atoms with Gasteiger partial charge in [0, 0.05) is 15.7 Å². The lowest BCUT2D eigenvalue weighted by Crippen LogP contribution is -2.05. The van der Waals surface area contributed by atoms with Crippen LogP contribution in [-0.2, 0) is 9.47 Å². The molecule has 0 fully saturated rings. The third-order valence-electron chi connectivity index (χ3n) is 3.37. The summed E-state index contributed by atoms with van der Waals surface area (Å²) in [4.78, 5) is 42.0. The first-order chi connectivity index (χ1) is 13.5. The van der Waals surface area contributed by atoms with Crippen molar-refractivity contribution in [1.29, 1.82) is 0 Å². The first kappa shape index (κ1) is 23.5. The summed E-state index contributed by atoms with van der Waals surface area (Å²) in [5.74, 6) is -1.26. The van der Waals surface area contributed by atoms with Gasteiger partial charge in [-0.1, -0.05) is 0 Å². The molecule has 0 spiro atoms. The first-order valence-electron chi connectivity index (χ1n) is 7.47. The number of methoxy groups -OCH3 is 2. The highest BCUT2D eigenvalue weighted by Gasteiger charge is 2.19. The minimum absolute atomic E-state index is 0.0163. The van der Waals surface area contributed by atoms with Crippen molar-refractivity contribution in [3.63, 3.8) is 0 Å². The van der Waals surface area contributed by atoms with Crippen molar-refractivity contribution in [1.82, 2.24) is 0 Å². The van der Waals surface area contributed by atoms with E-state index in [1.807, 2.05) is 22.6 Å². The van der Waals surface area contributed by atoms with Crippen LogP contribution in [0.25, 0.3) is 0 Å². The van der Waals surface area contributed by atoms with Gasteiger partial charge in [0.1, 0.15) is 11.4 Å². The number of esters is 2. The first-order valence-corrected chi connectivity index (χ1v) is 8.55. The van der Waals surface area contributed by atoms with Gasteiger partial charge in [0.25, 0.3) is 11.4 Å². The zero-order valence-electron chi connectivity index (χ0n) is 15.1. The molecule has 0 heterocycles. The number of halogens is 1. The Labute approximate surface area is 177 Å². The summed E-state index contributed by atoms with van der Waals surface area (Å²) in [5, 5.41) is 21.1. The molecule has 0 aliphatic rings. The molecular weight excluding hydrogens is 503 g/mol. The number of hydrogen-bond donors (Lipinski definition) is 2. The van der Waals surface area contributed by atoms with E-state index in [2.05, 4.69) is 9.47 Å². The summed E-state index contributed by atoms with van der Waals surface area (Å²) in [7, 11) is 2.40. The van der Waals surface area contributed by atoms with Gasteiger partial charge in [-0.15, -0.1) is 0 Å². The Kier molecular flexibility index (Phi) is 8.25. The van der Waals surface area contributed by atoms with Crippen LogP contribution in [-0.4, -0.2) is 36.0 Å². The molecular formula is C16H15IN4O8. The Morgan fingerprint density at radius 1 is 0.897 bits per heavy atom. The van der Waals surface area contributed by atoms with E-state index in [0.29, 0.717) is 3.57 Å². The topological polar surface area (TPSA) is 191 Å². The molecule has 12 nitrogen and oxygen atoms in total. The third kappa shape index (κ3) is 6.00. The predicted molar refractivity (Wildman–Crippen MR) is 110 cm³/mol. The van der Waals surface area contributed by atoms with E-state index < -0.39 is 21.8 Å². The van der Waals surface area contributed by atoms with Crippen LogP contribution in [0, 0.1) is 23.8 Å². The normalized spacial score (nSPS) is 9.62. The highest BCUT2D eigenvalue weighted by molar-refractivity contribution is 14.1. The summed E-state index contributed by atoms with van der Waals surface area (Å²) in [5.41, 5.74) is 10.5. The summed E-state index contributed by atoms with van der Waals surface area (Å²) >= 11 is 1.82. The Morgan fingerprint density at radius 3 is 1.86 bits per heavy atom. The van der Waals surface area contributed by atoms with Crippen LogP contribution >= 0.6 is 22.6 Å². The fourth-order valence-corrected chi connectivity index (χ4v) is 2.55. The van der Waals surface area contributed by atoms with Gasteiger partial charge < -0.3 is 20.9 Å². The number of rotatable bonds is 4. The van der Waals surface area contributed by atoms with E-state index >= 15 is 0 Å². The summed E-state index contributed by atoms with van der Waals surface area (Å²) in [6.07, 6.45) is 0. The smallest absolute Gasteiger partial charge is 0.338 e. The van der Waals surface area contributed by atoms with Crippen LogP contribution in [0.3, 0.4) is 0 Å². The lowest BCUT2D eigenvalue weighted by molar-refractivity contribution is -0.384. The average Bonchev–Trinajstić information content (AvgIpc) is 2.69. The monoisotopic (exact) mass is 518 g/mol. The van der Waals surface area contributed by atoms with Crippen molar-refractivity contribution in [2.45, 2.75) is 0 Å². The van der Waals surface area contributed by atoms with Crippen molar-refractivity contribution in [2.75, 3.05) is 25.7 Å². The number of nitrogens with two attached hydrogens (primary N) is 2. The Hall–Kier alpha value is -3.49. The zero-order valence-corrected chi connectivity index (χ0v) is 17.2. The van der Waals surface area contributed by atoms with Crippen LogP contribution in [0.1, 0.15) is 20.7 Å². The van der Waals surface area contributed by atoms with E-state index in [0.717, 1.165) is 12.1 Å². The number of nitrogen functional groups attached to an aromatic ring is 2. The fraction of sp³-hybridized carbons (Fsp3) is 0.125. The Morgan fingerprint density at radius 2 is 1.38 bits per heavy atom. The van der Waals surface area contributed by atoms with E-state index in [1.165, 1.54) is 32.4 Å². The molecule has 0 saturated carbocycles. The minimum atomic E-state index is -0.651. The molecule has 2 aromatic rings. The zero-order chi connectivity index (χ0) is 22.3. The number of nitro groups is 2. The van der Waals surface area contributed by atoms with Crippen LogP contribution < -0.4 is 11.5 Å². The van der Waals surface area contributed by atoms with Crippen molar-refractivity contribution in [3.8, 4) is 0 Å². The molecule has 0 aliphatic heterocycles. The van der Waals surface area contributed by atoms with Crippen LogP contribution in [0.2, 0.25) is 0 Å². The van der Waals surface area contributed by atoms with Gasteiger partial charge >= 0.3 is 11.9 Å². The SMILES string of the molecule is COC(=O)c1cc(I)c(N)c([N+](=O)[O-])c1.COC(=O)c1ccc(N)c([N+](=O)[O-])c1. The summed E-state index contributed by atoms with van der Waals surface area (Å²) < 4.78 is 9.32. The molecule has 2 rings (SSSR count). The van der Waals surface area contributed by atoms with E-state index in [-0.39, 0.29) is 33.9 Å². The lowest BCUT2D eigenvalue weighted by atomic mass is 10.2. The van der Waals surface area contributed by atoms with E-state index in [4.69, 9.17) is 11.5 Å². The number of nitrogens with zero attached hydrogens (tertiary/aromatic N) is 2. The maximum absolute atomic E-state index is 11.2. The number of carbonyl (C=O) groups is 2. The maximum atomic E-state index is 11.2. The van der Waals surface area contributed by atoms with Crippen molar-refractivity contribution in [2.24, 2.45) is 0 Å². The minimum Gasteiger partial charge on any atom is -0.465 e. The quantitative estimate of drug-likeness (QED) is 0.200. The largest absolute Gasteiger partial charge is 0.465 e. The Balaban J connectivity index is 0.000000291. The van der Waals surface area contributed by atoms with Gasteiger partial charge in [0.05, 0.1) is 35.2 Å². The highest BCUT2D eigenvalue weighted by atomic mass is 127. The molecule has 0 saturated heterocycles. The Bertz CT molecular complexity index is 980. The molecule has 4 N–H and O–H groups in total. The van der Waals surface area contributed by atoms with E-state index in [1.54, 1.807) is 0 Å². The third-order valence-corrected chi connectivity index (χ3v) is 4.27. The molecule has 13 heteroatoms. The van der Waals surface area contributed by atoms with Gasteiger partial charge in [-0.2, -0.15) is 0 Å². The summed E-state index contributed by atoms with van der Waals surface area (Å²) in [6, 6.07) is 6.29. The summed E-state index contributed by atoms with van der Waals surface area (Å²) in [6.45, 7) is 0. The van der Waals surface area contributed by atoms with Crippen LogP contribution in [0.5, 0.6) is 0 Å². The number of carbonyl (C=O) groups excluding carboxylic acids is 2. The van der Waals surface area contributed by atoms with Crippen LogP contribution in [0.15, 0.2) is 30.3 Å². The number of hydrogen-bond acceptors (Lipinski definition) is 10. The van der Waals surface area contributed by atoms with Gasteiger partial charge in [0.15, 0.2) is 0 Å². The highest BCUT2D eigenvalue weighted by Crippen LogP contribution is 2.28. The molecule has 0 aromatic heterocycles. The molecule has 0 atom stereocenters. The standard InChI is InChI=1S/C8H7IN2O4.C8H8N2O4/c1-15-8(12)4-2-5(9)7(10)6(3-4)11(13)14;1-14-8(11)5-2-3-6(9)7(4-5)10(12)13/h2-3H,10H2,1H3;2-4H,9H2,1H3. The van der Waals surface area contributed by atoms with Crippen molar-refractivity contribution in [3.05, 3.63) is 65.3 Å². The van der Waals surface area contributed by atoms with Gasteiger partial charge in [-0.3, -0.25) is 20.2 Å². The van der Waals surface area contributed by atoms with Gasteiger partial charge in [-0.05, 0) is 40.8 Å². The predicted octanol–water partition coefficient (Wildman–Crippen LogP) is 2.53. The fourth-order valence-electron chi connectivity index (χ4n) is 1.94. The number of ether oxygens (including phenoxy) is 2. The second-order valence-corrected chi connectivity index (χ2v) is 6.32. The number of nitro benzene ring substituents is 2. The van der Waals surface area contributed by atoms with Crippen LogP contribution in [0.4, 0.5) is 22.7 Å². The second kappa shape index (κ2) is 10.2. The van der Waals surface area contributed by atoms with Gasteiger partial charge in [-0.25, -0.2) is 9.59 Å². The molecule has 154 valence electrons. The molecule has 2 aromatic carbocycles. The molecule has 0 radical (unpaired) electrons. The number of benzene rings is 2. The molecule has 29 heavy (non-hydrogen) atoms. The molecule has 0 bridgehead atoms. The molecule has 0 aliphatic carbocycles. The average molecular weight is 518 g/mol. The van der Waals surface area contributed by atoms with Gasteiger partial charge in [0.2, 0.25) is 0 Å². The van der Waals surface area contributed by atoms with E-state index in [9.17, 15) is 29.8 Å². The molecule has 0 unspecified atom stereocenters. The van der Waals surface area contributed by atoms with Crippen molar-refractivity contribution < 1.29 is 28.9 Å². The maximum Gasteiger partial charge on any atom is 0.338 e. The number of anilines is 2. The lowest BCUT2D eigenvalue weighted by Gasteiger charge is -2.03. The van der Waals surface area contributed by atoms with Crippen molar-refractivity contribution >= 4 is 57.3 Å². The second-order valence-electron chi connectivity index (χ2n) is 5.16. The molecule has 0 amide bonds.